The molecule has 0 aliphatic rings. The summed E-state index contributed by atoms with van der Waals surface area (Å²) in [5.74, 6) is 0.800. The summed E-state index contributed by atoms with van der Waals surface area (Å²) in [6.07, 6.45) is 2.97. The summed E-state index contributed by atoms with van der Waals surface area (Å²) in [4.78, 5) is 18.4. The van der Waals surface area contributed by atoms with Crippen LogP contribution in [0.5, 0.6) is 5.75 Å². The van der Waals surface area contributed by atoms with Gasteiger partial charge in [0.05, 0.1) is 26.2 Å². The van der Waals surface area contributed by atoms with Gasteiger partial charge in [-0.15, -0.1) is 0 Å². The summed E-state index contributed by atoms with van der Waals surface area (Å²) in [7, 11) is 1.63. The van der Waals surface area contributed by atoms with Crippen LogP contribution in [0.2, 0.25) is 0 Å². The number of benzene rings is 1. The Bertz CT molecular complexity index is 758. The molecule has 2 heterocycles. The predicted molar refractivity (Wildman–Crippen MR) is 70.2 cm³/mol. The molecule has 6 heteroatoms. The molecule has 0 aliphatic heterocycles. The summed E-state index contributed by atoms with van der Waals surface area (Å²) in [6.45, 7) is 0.516. The van der Waals surface area contributed by atoms with Gasteiger partial charge in [0.25, 0.3) is 5.56 Å². The highest BCUT2D eigenvalue weighted by atomic mass is 16.5. The Morgan fingerprint density at radius 3 is 2.84 bits per heavy atom. The van der Waals surface area contributed by atoms with Crippen molar-refractivity contribution in [3.05, 3.63) is 52.7 Å². The Kier molecular flexibility index (Phi) is 2.75. The van der Waals surface area contributed by atoms with Crippen molar-refractivity contribution >= 4 is 11.0 Å². The van der Waals surface area contributed by atoms with Crippen LogP contribution in [0.4, 0.5) is 0 Å². The Labute approximate surface area is 108 Å². The van der Waals surface area contributed by atoms with E-state index in [9.17, 15) is 4.79 Å². The molecule has 0 saturated heterocycles. The fourth-order valence-corrected chi connectivity index (χ4v) is 1.96. The molecule has 1 N–H and O–H groups in total. The van der Waals surface area contributed by atoms with Crippen molar-refractivity contribution in [2.75, 3.05) is 7.11 Å². The molecule has 3 aromatic rings. The number of nitrogens with zero attached hydrogens (tertiary/aromatic N) is 3. The van der Waals surface area contributed by atoms with E-state index in [-0.39, 0.29) is 5.56 Å². The smallest absolute Gasteiger partial charge is 0.276 e. The molecular weight excluding hydrogens is 244 g/mol. The van der Waals surface area contributed by atoms with E-state index in [1.54, 1.807) is 18.0 Å². The Morgan fingerprint density at radius 2 is 2.11 bits per heavy atom. The second-order valence-electron chi connectivity index (χ2n) is 4.12. The molecule has 0 saturated carbocycles. The first-order valence-corrected chi connectivity index (χ1v) is 5.80. The molecular formula is C13H12N4O2. The van der Waals surface area contributed by atoms with Gasteiger partial charge in [-0.3, -0.25) is 9.48 Å². The van der Waals surface area contributed by atoms with Crippen molar-refractivity contribution in [3.8, 4) is 5.75 Å². The molecule has 0 atom stereocenters. The van der Waals surface area contributed by atoms with Gasteiger partial charge in [0.1, 0.15) is 11.3 Å². The maximum absolute atomic E-state index is 11.8. The molecule has 96 valence electrons. The van der Waals surface area contributed by atoms with Crippen LogP contribution in [0.15, 0.2) is 41.6 Å². The van der Waals surface area contributed by atoms with Gasteiger partial charge in [0.15, 0.2) is 5.52 Å². The van der Waals surface area contributed by atoms with Crippen LogP contribution in [0.3, 0.4) is 0 Å². The number of fused-ring (bicyclic) bond motifs is 1. The van der Waals surface area contributed by atoms with Gasteiger partial charge in [0, 0.05) is 0 Å². The SMILES string of the molecule is COc1ccc(Cn2ncc3nc[nH]c(=O)c32)cc1. The van der Waals surface area contributed by atoms with E-state index >= 15 is 0 Å². The molecule has 1 aromatic carbocycles. The van der Waals surface area contributed by atoms with Crippen molar-refractivity contribution in [1.29, 1.82) is 0 Å². The van der Waals surface area contributed by atoms with Crippen LogP contribution in [0.1, 0.15) is 5.56 Å². The number of nitrogens with one attached hydrogen (secondary N) is 1. The highest BCUT2D eigenvalue weighted by Crippen LogP contribution is 2.13. The van der Waals surface area contributed by atoms with E-state index in [0.717, 1.165) is 11.3 Å². The lowest BCUT2D eigenvalue weighted by molar-refractivity contribution is 0.414. The minimum atomic E-state index is -0.184. The fourth-order valence-electron chi connectivity index (χ4n) is 1.96. The van der Waals surface area contributed by atoms with E-state index in [0.29, 0.717) is 17.6 Å². The first-order chi connectivity index (χ1) is 9.28. The number of hydrogen-bond donors (Lipinski definition) is 1. The molecule has 6 nitrogen and oxygen atoms in total. The Hall–Kier alpha value is -2.63. The minimum Gasteiger partial charge on any atom is -0.497 e. The highest BCUT2D eigenvalue weighted by molar-refractivity contribution is 5.72. The molecule has 0 spiro atoms. The average molecular weight is 256 g/mol. The topological polar surface area (TPSA) is 72.8 Å². The van der Waals surface area contributed by atoms with Crippen LogP contribution in [-0.2, 0) is 6.54 Å². The number of hydrogen-bond acceptors (Lipinski definition) is 4. The van der Waals surface area contributed by atoms with Gasteiger partial charge >= 0.3 is 0 Å². The van der Waals surface area contributed by atoms with Gasteiger partial charge in [-0.2, -0.15) is 5.10 Å². The summed E-state index contributed by atoms with van der Waals surface area (Å²) in [6, 6.07) is 7.64. The average Bonchev–Trinajstić information content (AvgIpc) is 2.84. The normalized spacial score (nSPS) is 10.8. The van der Waals surface area contributed by atoms with E-state index in [4.69, 9.17) is 4.74 Å². The second-order valence-corrected chi connectivity index (χ2v) is 4.12. The predicted octanol–water partition coefficient (Wildman–Crippen LogP) is 1.18. The van der Waals surface area contributed by atoms with Crippen molar-refractivity contribution < 1.29 is 4.74 Å². The van der Waals surface area contributed by atoms with Crippen LogP contribution in [-0.4, -0.2) is 26.9 Å². The molecule has 3 rings (SSSR count). The second kappa shape index (κ2) is 4.56. The lowest BCUT2D eigenvalue weighted by atomic mass is 10.2. The summed E-state index contributed by atoms with van der Waals surface area (Å²) < 4.78 is 6.75. The largest absolute Gasteiger partial charge is 0.497 e. The van der Waals surface area contributed by atoms with Crippen LogP contribution >= 0.6 is 0 Å². The third-order valence-electron chi connectivity index (χ3n) is 2.93. The summed E-state index contributed by atoms with van der Waals surface area (Å²) in [5.41, 5.74) is 1.93. The lowest BCUT2D eigenvalue weighted by Crippen LogP contribution is -2.12. The number of H-pyrrole nitrogens is 1. The zero-order valence-corrected chi connectivity index (χ0v) is 10.3. The fraction of sp³-hybridized carbons (Fsp3) is 0.154. The molecule has 0 unspecified atom stereocenters. The lowest BCUT2D eigenvalue weighted by Gasteiger charge is -2.04. The maximum Gasteiger partial charge on any atom is 0.276 e. The van der Waals surface area contributed by atoms with E-state index in [1.807, 2.05) is 24.3 Å². The zero-order chi connectivity index (χ0) is 13.2. The van der Waals surface area contributed by atoms with Gasteiger partial charge in [0.2, 0.25) is 0 Å². The Morgan fingerprint density at radius 1 is 1.32 bits per heavy atom. The number of rotatable bonds is 3. The van der Waals surface area contributed by atoms with Crippen LogP contribution in [0.25, 0.3) is 11.0 Å². The van der Waals surface area contributed by atoms with E-state index in [1.165, 1.54) is 6.33 Å². The van der Waals surface area contributed by atoms with Crippen molar-refractivity contribution in [2.24, 2.45) is 0 Å². The first kappa shape index (κ1) is 11.5. The Balaban J connectivity index is 1.98. The monoisotopic (exact) mass is 256 g/mol. The molecule has 2 aromatic heterocycles. The van der Waals surface area contributed by atoms with E-state index in [2.05, 4.69) is 15.1 Å². The standard InChI is InChI=1S/C13H12N4O2/c1-19-10-4-2-9(3-5-10)7-17-12-11(6-16-17)14-8-15-13(12)18/h2-6,8H,7H2,1H3,(H,14,15,18). The summed E-state index contributed by atoms with van der Waals surface area (Å²) >= 11 is 0. The molecule has 0 aliphatic carbocycles. The van der Waals surface area contributed by atoms with Crippen molar-refractivity contribution in [1.82, 2.24) is 19.7 Å². The highest BCUT2D eigenvalue weighted by Gasteiger charge is 2.07. The van der Waals surface area contributed by atoms with E-state index < -0.39 is 0 Å². The number of aromatic nitrogens is 4. The molecule has 0 bridgehead atoms. The molecule has 0 amide bonds. The van der Waals surface area contributed by atoms with Crippen LogP contribution < -0.4 is 10.3 Å². The number of ether oxygens (including phenoxy) is 1. The van der Waals surface area contributed by atoms with Crippen LogP contribution in [0, 0.1) is 0 Å². The molecule has 0 fully saturated rings. The van der Waals surface area contributed by atoms with Gasteiger partial charge in [-0.1, -0.05) is 12.1 Å². The van der Waals surface area contributed by atoms with Crippen molar-refractivity contribution in [3.63, 3.8) is 0 Å². The third-order valence-corrected chi connectivity index (χ3v) is 2.93. The van der Waals surface area contributed by atoms with Gasteiger partial charge < -0.3 is 9.72 Å². The first-order valence-electron chi connectivity index (χ1n) is 5.80. The number of methoxy groups -OCH3 is 1. The van der Waals surface area contributed by atoms with Gasteiger partial charge in [-0.25, -0.2) is 4.98 Å². The zero-order valence-electron chi connectivity index (χ0n) is 10.3. The van der Waals surface area contributed by atoms with Crippen molar-refractivity contribution in [2.45, 2.75) is 6.54 Å². The number of aromatic amines is 1. The maximum atomic E-state index is 11.8. The van der Waals surface area contributed by atoms with Gasteiger partial charge in [-0.05, 0) is 17.7 Å². The summed E-state index contributed by atoms with van der Waals surface area (Å²) in [5, 5.41) is 4.20. The minimum absolute atomic E-state index is 0.184. The molecule has 19 heavy (non-hydrogen) atoms. The quantitative estimate of drug-likeness (QED) is 0.763. The molecule has 0 radical (unpaired) electrons. The third kappa shape index (κ3) is 2.08.